The van der Waals surface area contributed by atoms with Gasteiger partial charge in [0.05, 0.1) is 6.54 Å². The van der Waals surface area contributed by atoms with Gasteiger partial charge in [0.1, 0.15) is 0 Å². The lowest BCUT2D eigenvalue weighted by molar-refractivity contribution is 0.0772. The van der Waals surface area contributed by atoms with Crippen molar-refractivity contribution in [2.24, 2.45) is 10.9 Å². The zero-order valence-electron chi connectivity index (χ0n) is 14.3. The number of rotatable bonds is 3. The van der Waals surface area contributed by atoms with Crippen LogP contribution in [0.3, 0.4) is 0 Å². The lowest BCUT2D eigenvalue weighted by Crippen LogP contribution is -2.51. The second kappa shape index (κ2) is 8.41. The molecule has 1 unspecified atom stereocenters. The van der Waals surface area contributed by atoms with Gasteiger partial charge in [-0.2, -0.15) is 0 Å². The second-order valence-corrected chi connectivity index (χ2v) is 6.91. The highest BCUT2D eigenvalue weighted by Crippen LogP contribution is 2.24. The quantitative estimate of drug-likeness (QED) is 0.416. The summed E-state index contributed by atoms with van der Waals surface area (Å²) < 4.78 is 0. The van der Waals surface area contributed by atoms with Crippen molar-refractivity contribution in [3.8, 4) is 0 Å². The predicted octanol–water partition coefficient (Wildman–Crippen LogP) is 2.59. The zero-order chi connectivity index (χ0) is 14.6. The first-order valence-electron chi connectivity index (χ1n) is 7.38. The van der Waals surface area contributed by atoms with Crippen LogP contribution in [-0.2, 0) is 0 Å². The number of likely N-dealkylation sites (tertiary alicyclic amines) is 1. The third kappa shape index (κ3) is 5.76. The molecule has 0 aromatic carbocycles. The highest BCUT2D eigenvalue weighted by Gasteiger charge is 2.30. The Morgan fingerprint density at radius 3 is 2.20 bits per heavy atom. The van der Waals surface area contributed by atoms with Crippen molar-refractivity contribution in [2.45, 2.75) is 39.2 Å². The summed E-state index contributed by atoms with van der Waals surface area (Å²) in [6, 6.07) is 0. The SMILES string of the molecule is CC1CCCN(C(C)(C)CN=C(N(C)C)N(C)C)C1.I. The molecule has 1 atom stereocenters. The Kier molecular flexibility index (Phi) is 8.40. The van der Waals surface area contributed by atoms with Gasteiger partial charge in [0.15, 0.2) is 5.96 Å². The zero-order valence-corrected chi connectivity index (χ0v) is 16.6. The summed E-state index contributed by atoms with van der Waals surface area (Å²) in [6.07, 6.45) is 2.69. The first-order valence-corrected chi connectivity index (χ1v) is 7.38. The molecule has 1 aliphatic heterocycles. The van der Waals surface area contributed by atoms with E-state index < -0.39 is 0 Å². The minimum absolute atomic E-state index is 0. The van der Waals surface area contributed by atoms with E-state index in [1.807, 2.05) is 0 Å². The van der Waals surface area contributed by atoms with Crippen molar-refractivity contribution in [1.29, 1.82) is 0 Å². The van der Waals surface area contributed by atoms with Crippen molar-refractivity contribution in [3.05, 3.63) is 0 Å². The Hall–Kier alpha value is -0.0400. The summed E-state index contributed by atoms with van der Waals surface area (Å²) in [5.41, 5.74) is 0.145. The molecule has 4 nitrogen and oxygen atoms in total. The fraction of sp³-hybridized carbons (Fsp3) is 0.933. The molecule has 120 valence electrons. The second-order valence-electron chi connectivity index (χ2n) is 6.91. The fourth-order valence-electron chi connectivity index (χ4n) is 2.79. The summed E-state index contributed by atoms with van der Waals surface area (Å²) in [7, 11) is 8.20. The van der Waals surface area contributed by atoms with E-state index in [1.54, 1.807) is 0 Å². The third-order valence-electron chi connectivity index (χ3n) is 3.92. The van der Waals surface area contributed by atoms with Gasteiger partial charge in [0.2, 0.25) is 0 Å². The van der Waals surface area contributed by atoms with Gasteiger partial charge in [-0.25, -0.2) is 0 Å². The van der Waals surface area contributed by atoms with Crippen molar-refractivity contribution in [3.63, 3.8) is 0 Å². The number of guanidine groups is 1. The van der Waals surface area contributed by atoms with Crippen LogP contribution in [0.1, 0.15) is 33.6 Å². The molecule has 1 aliphatic rings. The van der Waals surface area contributed by atoms with Gasteiger partial charge >= 0.3 is 0 Å². The number of hydrogen-bond acceptors (Lipinski definition) is 2. The Bertz CT molecular complexity index is 303. The van der Waals surface area contributed by atoms with Crippen LogP contribution in [0.2, 0.25) is 0 Å². The normalized spacial score (nSPS) is 20.1. The molecule has 1 fully saturated rings. The Morgan fingerprint density at radius 2 is 1.75 bits per heavy atom. The van der Waals surface area contributed by atoms with Crippen molar-refractivity contribution >= 4 is 29.9 Å². The largest absolute Gasteiger partial charge is 0.349 e. The summed E-state index contributed by atoms with van der Waals surface area (Å²) in [4.78, 5) is 11.6. The van der Waals surface area contributed by atoms with Crippen molar-refractivity contribution < 1.29 is 0 Å². The Morgan fingerprint density at radius 1 is 1.20 bits per heavy atom. The van der Waals surface area contributed by atoms with Crippen LogP contribution in [0.4, 0.5) is 0 Å². The molecule has 0 N–H and O–H groups in total. The molecule has 0 aliphatic carbocycles. The monoisotopic (exact) mass is 396 g/mol. The molecule has 0 saturated carbocycles. The van der Waals surface area contributed by atoms with Gasteiger partial charge in [-0.05, 0) is 39.2 Å². The summed E-state index contributed by atoms with van der Waals surface area (Å²) in [6.45, 7) is 10.3. The highest BCUT2D eigenvalue weighted by atomic mass is 127. The molecule has 1 heterocycles. The topological polar surface area (TPSA) is 22.1 Å². The van der Waals surface area contributed by atoms with Crippen molar-refractivity contribution in [2.75, 3.05) is 47.8 Å². The highest BCUT2D eigenvalue weighted by molar-refractivity contribution is 14.0. The van der Waals surface area contributed by atoms with E-state index in [0.717, 1.165) is 18.4 Å². The van der Waals surface area contributed by atoms with E-state index in [-0.39, 0.29) is 29.5 Å². The van der Waals surface area contributed by atoms with Gasteiger partial charge in [-0.1, -0.05) is 6.92 Å². The van der Waals surface area contributed by atoms with Crippen LogP contribution < -0.4 is 0 Å². The minimum Gasteiger partial charge on any atom is -0.349 e. The van der Waals surface area contributed by atoms with E-state index in [4.69, 9.17) is 4.99 Å². The lowest BCUT2D eigenvalue weighted by atomic mass is 9.94. The van der Waals surface area contributed by atoms with E-state index in [0.29, 0.717) is 0 Å². The molecule has 0 amide bonds. The van der Waals surface area contributed by atoms with E-state index in [1.165, 1.54) is 25.9 Å². The summed E-state index contributed by atoms with van der Waals surface area (Å²) in [5.74, 6) is 1.86. The molecule has 0 spiro atoms. The number of piperidine rings is 1. The molecular formula is C15H33IN4. The van der Waals surface area contributed by atoms with E-state index in [2.05, 4.69) is 63.7 Å². The number of hydrogen-bond donors (Lipinski definition) is 0. The number of aliphatic imine (C=N–C) groups is 1. The van der Waals surface area contributed by atoms with Crippen LogP contribution in [0.25, 0.3) is 0 Å². The molecule has 0 bridgehead atoms. The average molecular weight is 396 g/mol. The minimum atomic E-state index is 0. The van der Waals surface area contributed by atoms with Gasteiger partial charge in [0.25, 0.3) is 0 Å². The van der Waals surface area contributed by atoms with Gasteiger partial charge < -0.3 is 9.80 Å². The number of nitrogens with zero attached hydrogens (tertiary/aromatic N) is 4. The summed E-state index contributed by atoms with van der Waals surface area (Å²) >= 11 is 0. The van der Waals surface area contributed by atoms with Crippen LogP contribution in [0.15, 0.2) is 4.99 Å². The van der Waals surface area contributed by atoms with Crippen LogP contribution >= 0.6 is 24.0 Å². The number of halogens is 1. The standard InChI is InChI=1S/C15H32N4.HI/c1-13-9-8-10-19(11-13)15(2,3)12-16-14(17(4)5)18(6)7;/h13H,8-12H2,1-7H3;1H. The van der Waals surface area contributed by atoms with E-state index >= 15 is 0 Å². The molecule has 0 radical (unpaired) electrons. The molecule has 20 heavy (non-hydrogen) atoms. The van der Waals surface area contributed by atoms with Crippen LogP contribution in [0.5, 0.6) is 0 Å². The smallest absolute Gasteiger partial charge is 0.195 e. The fourth-order valence-corrected chi connectivity index (χ4v) is 2.79. The first-order chi connectivity index (χ1) is 8.74. The summed E-state index contributed by atoms with van der Waals surface area (Å²) in [5, 5.41) is 0. The Balaban J connectivity index is 0.00000361. The molecule has 1 saturated heterocycles. The van der Waals surface area contributed by atoms with Crippen LogP contribution in [0, 0.1) is 5.92 Å². The van der Waals surface area contributed by atoms with Gasteiger partial charge in [-0.15, -0.1) is 24.0 Å². The maximum Gasteiger partial charge on any atom is 0.195 e. The third-order valence-corrected chi connectivity index (χ3v) is 3.92. The Labute approximate surface area is 142 Å². The molecule has 0 aromatic heterocycles. The van der Waals surface area contributed by atoms with E-state index in [9.17, 15) is 0 Å². The molecule has 0 aromatic rings. The van der Waals surface area contributed by atoms with Crippen molar-refractivity contribution in [1.82, 2.24) is 14.7 Å². The average Bonchev–Trinajstić information content (AvgIpc) is 2.28. The van der Waals surface area contributed by atoms with Gasteiger partial charge in [0, 0.05) is 40.3 Å². The maximum absolute atomic E-state index is 4.82. The lowest BCUT2D eigenvalue weighted by Gasteiger charge is -2.42. The maximum atomic E-state index is 4.82. The first kappa shape index (κ1) is 20.0. The molecule has 1 rings (SSSR count). The molecule has 5 heteroatoms. The predicted molar refractivity (Wildman–Crippen MR) is 99.1 cm³/mol. The molecular weight excluding hydrogens is 363 g/mol. The van der Waals surface area contributed by atoms with Gasteiger partial charge in [-0.3, -0.25) is 9.89 Å². The van der Waals surface area contributed by atoms with Crippen LogP contribution in [-0.4, -0.2) is 74.0 Å².